The second-order valence-electron chi connectivity index (χ2n) is 5.88. The van der Waals surface area contributed by atoms with Crippen LogP contribution in [0.4, 0.5) is 11.4 Å². The number of hydrogen-bond donors (Lipinski definition) is 1. The van der Waals surface area contributed by atoms with Crippen molar-refractivity contribution in [2.45, 2.75) is 32.3 Å². The number of carbonyl (C=O) groups excluding carboxylic acids is 1. The Kier molecular flexibility index (Phi) is 3.42. The summed E-state index contributed by atoms with van der Waals surface area (Å²) in [5.41, 5.74) is 2.73. The quantitative estimate of drug-likeness (QED) is 0.900. The molecule has 1 unspecified atom stereocenters. The third kappa shape index (κ3) is 2.08. The number of piperidine rings is 1. The van der Waals surface area contributed by atoms with Crippen LogP contribution in [0, 0.1) is 5.92 Å². The molecule has 0 spiro atoms. The molecule has 0 aliphatic carbocycles. The Morgan fingerprint density at radius 3 is 2.65 bits per heavy atom. The lowest BCUT2D eigenvalue weighted by Gasteiger charge is -2.33. The molecule has 108 valence electrons. The highest BCUT2D eigenvalue weighted by Gasteiger charge is 2.34. The fourth-order valence-electron chi connectivity index (χ4n) is 3.29. The highest BCUT2D eigenvalue weighted by Crippen LogP contribution is 2.38. The second-order valence-corrected chi connectivity index (χ2v) is 5.88. The molecule has 1 fully saturated rings. The zero-order valence-corrected chi connectivity index (χ0v) is 12.2. The Labute approximate surface area is 120 Å². The normalized spacial score (nSPS) is 23.4. The Morgan fingerprint density at radius 1 is 1.30 bits per heavy atom. The van der Waals surface area contributed by atoms with Crippen molar-refractivity contribution >= 4 is 17.3 Å². The van der Waals surface area contributed by atoms with Crippen LogP contribution in [0.25, 0.3) is 0 Å². The predicted octanol–water partition coefficient (Wildman–Crippen LogP) is 2.32. The number of fused-ring (bicyclic) bond motifs is 1. The predicted molar refractivity (Wildman–Crippen MR) is 80.0 cm³/mol. The number of benzene rings is 1. The van der Waals surface area contributed by atoms with E-state index in [1.54, 1.807) is 11.9 Å². The average molecular weight is 274 g/mol. The van der Waals surface area contributed by atoms with Crippen LogP contribution in [0.2, 0.25) is 0 Å². The number of amides is 1. The first-order chi connectivity index (χ1) is 9.61. The molecule has 0 aromatic heterocycles. The SMILES string of the molecule is CCC1CCN(c2ccc3c(c2)N(C)C(=O)C3O)CC1. The molecule has 4 heteroatoms. The van der Waals surface area contributed by atoms with Gasteiger partial charge < -0.3 is 14.9 Å². The molecule has 20 heavy (non-hydrogen) atoms. The van der Waals surface area contributed by atoms with Crippen molar-refractivity contribution in [3.8, 4) is 0 Å². The van der Waals surface area contributed by atoms with Crippen molar-refractivity contribution in [3.63, 3.8) is 0 Å². The summed E-state index contributed by atoms with van der Waals surface area (Å²) < 4.78 is 0. The molecule has 1 saturated heterocycles. The molecule has 4 nitrogen and oxygen atoms in total. The highest BCUT2D eigenvalue weighted by atomic mass is 16.3. The molecule has 1 N–H and O–H groups in total. The minimum absolute atomic E-state index is 0.234. The maximum atomic E-state index is 11.8. The van der Waals surface area contributed by atoms with Gasteiger partial charge in [-0.3, -0.25) is 4.79 Å². The molecule has 1 aromatic carbocycles. The van der Waals surface area contributed by atoms with Gasteiger partial charge in [0.2, 0.25) is 0 Å². The van der Waals surface area contributed by atoms with Crippen molar-refractivity contribution < 1.29 is 9.90 Å². The van der Waals surface area contributed by atoms with Gasteiger partial charge in [0.25, 0.3) is 5.91 Å². The molecule has 1 atom stereocenters. The third-order valence-corrected chi connectivity index (χ3v) is 4.79. The smallest absolute Gasteiger partial charge is 0.260 e. The monoisotopic (exact) mass is 274 g/mol. The van der Waals surface area contributed by atoms with Gasteiger partial charge in [0.1, 0.15) is 0 Å². The van der Waals surface area contributed by atoms with Crippen LogP contribution >= 0.6 is 0 Å². The molecule has 2 aliphatic rings. The van der Waals surface area contributed by atoms with Crippen molar-refractivity contribution in [1.29, 1.82) is 0 Å². The Bertz CT molecular complexity index is 521. The maximum absolute atomic E-state index is 11.8. The summed E-state index contributed by atoms with van der Waals surface area (Å²) in [7, 11) is 1.73. The highest BCUT2D eigenvalue weighted by molar-refractivity contribution is 6.03. The Morgan fingerprint density at radius 2 is 2.00 bits per heavy atom. The zero-order valence-electron chi connectivity index (χ0n) is 12.2. The van der Waals surface area contributed by atoms with Gasteiger partial charge in [-0.2, -0.15) is 0 Å². The minimum Gasteiger partial charge on any atom is -0.378 e. The van der Waals surface area contributed by atoms with Crippen LogP contribution in [0.1, 0.15) is 37.9 Å². The molecule has 2 heterocycles. The van der Waals surface area contributed by atoms with E-state index in [1.165, 1.54) is 19.3 Å². The standard InChI is InChI=1S/C16H22N2O2/c1-3-11-6-8-18(9-7-11)12-4-5-13-14(10-12)17(2)16(20)15(13)19/h4-5,10-11,15,19H,3,6-9H2,1-2H3. The zero-order chi connectivity index (χ0) is 14.3. The van der Waals surface area contributed by atoms with Gasteiger partial charge in [0, 0.05) is 31.4 Å². The lowest BCUT2D eigenvalue weighted by atomic mass is 9.94. The van der Waals surface area contributed by atoms with Gasteiger partial charge in [-0.25, -0.2) is 0 Å². The van der Waals surface area contributed by atoms with E-state index < -0.39 is 6.10 Å². The fourth-order valence-corrected chi connectivity index (χ4v) is 3.29. The van der Waals surface area contributed by atoms with Crippen LogP contribution in [-0.2, 0) is 4.79 Å². The maximum Gasteiger partial charge on any atom is 0.260 e. The number of nitrogens with zero attached hydrogens (tertiary/aromatic N) is 2. The van der Waals surface area contributed by atoms with Crippen molar-refractivity contribution in [1.82, 2.24) is 0 Å². The summed E-state index contributed by atoms with van der Waals surface area (Å²) in [6.45, 7) is 4.42. The van der Waals surface area contributed by atoms with Gasteiger partial charge in [-0.05, 0) is 30.9 Å². The lowest BCUT2D eigenvalue weighted by Crippen LogP contribution is -2.33. The molecule has 3 rings (SSSR count). The van der Waals surface area contributed by atoms with Gasteiger partial charge >= 0.3 is 0 Å². The molecule has 0 saturated carbocycles. The number of rotatable bonds is 2. The first-order valence-electron chi connectivity index (χ1n) is 7.46. The van der Waals surface area contributed by atoms with Crippen LogP contribution < -0.4 is 9.80 Å². The fraction of sp³-hybridized carbons (Fsp3) is 0.562. The molecule has 2 aliphatic heterocycles. The topological polar surface area (TPSA) is 43.8 Å². The number of hydrogen-bond acceptors (Lipinski definition) is 3. The number of aliphatic hydroxyl groups is 1. The number of anilines is 2. The number of likely N-dealkylation sites (N-methyl/N-ethyl adjacent to an activating group) is 1. The van der Waals surface area contributed by atoms with Gasteiger partial charge in [0.05, 0.1) is 5.69 Å². The molecule has 0 bridgehead atoms. The van der Waals surface area contributed by atoms with E-state index in [4.69, 9.17) is 0 Å². The molecule has 0 radical (unpaired) electrons. The lowest BCUT2D eigenvalue weighted by molar-refractivity contribution is -0.125. The summed E-state index contributed by atoms with van der Waals surface area (Å²) in [6, 6.07) is 5.96. The van der Waals surface area contributed by atoms with Gasteiger partial charge in [0.15, 0.2) is 6.10 Å². The van der Waals surface area contributed by atoms with E-state index in [1.807, 2.05) is 18.2 Å². The summed E-state index contributed by atoms with van der Waals surface area (Å²) in [4.78, 5) is 15.7. The first kappa shape index (κ1) is 13.4. The van der Waals surface area contributed by atoms with Crippen LogP contribution in [-0.4, -0.2) is 31.2 Å². The Balaban J connectivity index is 1.82. The van der Waals surface area contributed by atoms with E-state index in [2.05, 4.69) is 11.8 Å². The molecular formula is C16H22N2O2. The van der Waals surface area contributed by atoms with Crippen LogP contribution in [0.3, 0.4) is 0 Å². The largest absolute Gasteiger partial charge is 0.378 e. The Hall–Kier alpha value is -1.55. The van der Waals surface area contributed by atoms with Crippen LogP contribution in [0.15, 0.2) is 18.2 Å². The summed E-state index contributed by atoms with van der Waals surface area (Å²) >= 11 is 0. The van der Waals surface area contributed by atoms with Gasteiger partial charge in [-0.1, -0.05) is 19.4 Å². The van der Waals surface area contributed by atoms with Crippen LogP contribution in [0.5, 0.6) is 0 Å². The van der Waals surface area contributed by atoms with E-state index in [0.29, 0.717) is 0 Å². The van der Waals surface area contributed by atoms with E-state index in [0.717, 1.165) is 35.9 Å². The molecule has 1 amide bonds. The average Bonchev–Trinajstić information content (AvgIpc) is 2.72. The number of carbonyl (C=O) groups is 1. The number of aliphatic hydroxyl groups excluding tert-OH is 1. The van der Waals surface area contributed by atoms with Gasteiger partial charge in [-0.15, -0.1) is 0 Å². The molecule has 1 aromatic rings. The first-order valence-corrected chi connectivity index (χ1v) is 7.46. The summed E-state index contributed by atoms with van der Waals surface area (Å²) in [5.74, 6) is 0.619. The van der Waals surface area contributed by atoms with E-state index >= 15 is 0 Å². The third-order valence-electron chi connectivity index (χ3n) is 4.79. The van der Waals surface area contributed by atoms with E-state index in [9.17, 15) is 9.90 Å². The molecular weight excluding hydrogens is 252 g/mol. The summed E-state index contributed by atoms with van der Waals surface area (Å²) in [6.07, 6.45) is 2.76. The van der Waals surface area contributed by atoms with Crippen molar-refractivity contribution in [2.24, 2.45) is 5.92 Å². The summed E-state index contributed by atoms with van der Waals surface area (Å²) in [5, 5.41) is 9.88. The second kappa shape index (κ2) is 5.09. The van der Waals surface area contributed by atoms with Crippen molar-refractivity contribution in [2.75, 3.05) is 29.9 Å². The van der Waals surface area contributed by atoms with Crippen molar-refractivity contribution in [3.05, 3.63) is 23.8 Å². The minimum atomic E-state index is -0.991. The van der Waals surface area contributed by atoms with E-state index in [-0.39, 0.29) is 5.91 Å².